The molecule has 8 nitrogen and oxygen atoms in total. The Kier molecular flexibility index (Phi) is 7.54. The van der Waals surface area contributed by atoms with Gasteiger partial charge < -0.3 is 20.5 Å². The van der Waals surface area contributed by atoms with Gasteiger partial charge in [0.15, 0.2) is 0 Å². The Bertz CT molecular complexity index is 1080. The number of nitrogens with zero attached hydrogens (tertiary/aromatic N) is 3. The van der Waals surface area contributed by atoms with E-state index in [9.17, 15) is 14.3 Å². The van der Waals surface area contributed by atoms with Gasteiger partial charge in [0.1, 0.15) is 17.6 Å². The van der Waals surface area contributed by atoms with Crippen molar-refractivity contribution in [1.29, 1.82) is 0 Å². The number of aryl methyl sites for hydroxylation is 1. The summed E-state index contributed by atoms with van der Waals surface area (Å²) in [6.07, 6.45) is 3.14. The Hall–Kier alpha value is -3.01. The molecule has 3 aromatic rings. The highest BCUT2D eigenvalue weighted by molar-refractivity contribution is 6.30. The van der Waals surface area contributed by atoms with E-state index in [1.165, 1.54) is 6.07 Å². The predicted molar refractivity (Wildman–Crippen MR) is 122 cm³/mol. The molecule has 1 aliphatic rings. The molecular formula is C23H25ClFN5O3. The van der Waals surface area contributed by atoms with E-state index < -0.39 is 6.10 Å². The first-order valence-corrected chi connectivity index (χ1v) is 11.1. The van der Waals surface area contributed by atoms with Crippen LogP contribution in [0.2, 0.25) is 5.02 Å². The molecular weight excluding hydrogens is 449 g/mol. The van der Waals surface area contributed by atoms with Crippen LogP contribution in [0.4, 0.5) is 14.9 Å². The monoisotopic (exact) mass is 473 g/mol. The number of aliphatic hydroxyl groups excluding tert-OH is 1. The minimum atomic E-state index is -0.510. The molecule has 0 aliphatic carbocycles. The number of carbonyl (C=O) groups is 1. The molecule has 0 unspecified atom stereocenters. The molecule has 174 valence electrons. The molecule has 2 amide bonds. The Morgan fingerprint density at radius 1 is 1.21 bits per heavy atom. The third-order valence-electron chi connectivity index (χ3n) is 5.58. The van der Waals surface area contributed by atoms with Crippen molar-refractivity contribution in [3.63, 3.8) is 0 Å². The van der Waals surface area contributed by atoms with Gasteiger partial charge in [0.05, 0.1) is 24.9 Å². The number of halogens is 2. The van der Waals surface area contributed by atoms with Crippen LogP contribution in [-0.2, 0) is 11.3 Å². The van der Waals surface area contributed by atoms with Gasteiger partial charge in [-0.1, -0.05) is 28.9 Å². The Balaban J connectivity index is 1.27. The second-order valence-corrected chi connectivity index (χ2v) is 8.34. The maximum atomic E-state index is 13.9. The lowest BCUT2D eigenvalue weighted by Gasteiger charge is -2.36. The largest absolute Gasteiger partial charge is 0.394 e. The molecule has 2 heterocycles. The van der Waals surface area contributed by atoms with Gasteiger partial charge in [-0.05, 0) is 55.7 Å². The number of carbonyl (C=O) groups excluding carboxylic acids is 1. The van der Waals surface area contributed by atoms with Gasteiger partial charge in [-0.2, -0.15) is 0 Å². The first-order chi connectivity index (χ1) is 16.0. The average molecular weight is 474 g/mol. The minimum absolute atomic E-state index is 0.0966. The second kappa shape index (κ2) is 10.7. The van der Waals surface area contributed by atoms with E-state index in [1.54, 1.807) is 53.3 Å². The maximum absolute atomic E-state index is 13.9. The van der Waals surface area contributed by atoms with E-state index in [-0.39, 0.29) is 30.6 Å². The minimum Gasteiger partial charge on any atom is -0.394 e. The van der Waals surface area contributed by atoms with Crippen LogP contribution < -0.4 is 10.6 Å². The summed E-state index contributed by atoms with van der Waals surface area (Å²) >= 11 is 5.86. The van der Waals surface area contributed by atoms with Crippen molar-refractivity contribution in [2.75, 3.05) is 11.9 Å². The third kappa shape index (κ3) is 6.07. The van der Waals surface area contributed by atoms with Crippen LogP contribution in [-0.4, -0.2) is 51.0 Å². The Morgan fingerprint density at radius 2 is 2.00 bits per heavy atom. The SMILES string of the molecule is O=C(Nc1ccc(Cl)cc1)N[C@@H]1CC[C@H](CCn2cc(-c3ccccc3F)nn2)O[C@@H]1CO. The summed E-state index contributed by atoms with van der Waals surface area (Å²) in [5, 5.41) is 24.1. The van der Waals surface area contributed by atoms with Crippen molar-refractivity contribution in [1.82, 2.24) is 20.3 Å². The maximum Gasteiger partial charge on any atom is 0.319 e. The number of urea groups is 1. The first-order valence-electron chi connectivity index (χ1n) is 10.8. The van der Waals surface area contributed by atoms with E-state index in [2.05, 4.69) is 20.9 Å². The molecule has 2 aromatic carbocycles. The molecule has 33 heavy (non-hydrogen) atoms. The van der Waals surface area contributed by atoms with Crippen LogP contribution in [0.5, 0.6) is 0 Å². The summed E-state index contributed by atoms with van der Waals surface area (Å²) < 4.78 is 21.6. The normalized spacial score (nSPS) is 20.4. The van der Waals surface area contributed by atoms with Gasteiger partial charge in [0.2, 0.25) is 0 Å². The standard InChI is InChI=1S/C23H25ClFN5O3/c24-15-5-7-16(8-6-15)26-23(32)27-20-10-9-17(33-22(20)14-31)11-12-30-13-21(28-29-30)18-3-1-2-4-19(18)25/h1-8,13,17,20,22,31H,9-12,14H2,(H2,26,27,32)/t17-,20-,22-/m1/s1. The number of nitrogens with one attached hydrogen (secondary N) is 2. The predicted octanol–water partition coefficient (Wildman–Crippen LogP) is 3.86. The lowest BCUT2D eigenvalue weighted by atomic mass is 9.97. The number of anilines is 1. The zero-order valence-electron chi connectivity index (χ0n) is 17.8. The topological polar surface area (TPSA) is 101 Å². The van der Waals surface area contributed by atoms with Crippen LogP contribution in [0.1, 0.15) is 19.3 Å². The molecule has 0 spiro atoms. The van der Waals surface area contributed by atoms with Gasteiger partial charge in [-0.3, -0.25) is 4.68 Å². The van der Waals surface area contributed by atoms with Gasteiger partial charge in [-0.15, -0.1) is 5.10 Å². The summed E-state index contributed by atoms with van der Waals surface area (Å²) in [6, 6.07) is 12.6. The summed E-state index contributed by atoms with van der Waals surface area (Å²) in [5.74, 6) is -0.343. The molecule has 1 fully saturated rings. The molecule has 10 heteroatoms. The van der Waals surface area contributed by atoms with Gasteiger partial charge in [0.25, 0.3) is 0 Å². The Morgan fingerprint density at radius 3 is 2.76 bits per heavy atom. The highest BCUT2D eigenvalue weighted by Crippen LogP contribution is 2.24. The first kappa shape index (κ1) is 23.2. The second-order valence-electron chi connectivity index (χ2n) is 7.90. The zero-order valence-corrected chi connectivity index (χ0v) is 18.6. The fourth-order valence-electron chi connectivity index (χ4n) is 3.85. The van der Waals surface area contributed by atoms with Crippen molar-refractivity contribution in [2.24, 2.45) is 0 Å². The van der Waals surface area contributed by atoms with Crippen molar-refractivity contribution in [2.45, 2.75) is 44.1 Å². The van der Waals surface area contributed by atoms with Crippen molar-refractivity contribution in [3.05, 3.63) is 65.6 Å². The number of rotatable bonds is 7. The quantitative estimate of drug-likeness (QED) is 0.483. The number of amides is 2. The third-order valence-corrected chi connectivity index (χ3v) is 5.83. The summed E-state index contributed by atoms with van der Waals surface area (Å²) in [5.41, 5.74) is 1.50. The lowest BCUT2D eigenvalue weighted by Crippen LogP contribution is -2.52. The number of ether oxygens (including phenoxy) is 1. The number of aromatic nitrogens is 3. The van der Waals surface area contributed by atoms with Crippen LogP contribution in [0, 0.1) is 5.82 Å². The molecule has 0 bridgehead atoms. The number of benzene rings is 2. The number of aliphatic hydroxyl groups is 1. The van der Waals surface area contributed by atoms with E-state index in [0.29, 0.717) is 41.4 Å². The van der Waals surface area contributed by atoms with Crippen molar-refractivity contribution >= 4 is 23.3 Å². The van der Waals surface area contributed by atoms with Crippen LogP contribution in [0.3, 0.4) is 0 Å². The smallest absolute Gasteiger partial charge is 0.319 e. The molecule has 1 saturated heterocycles. The molecule has 3 atom stereocenters. The number of hydrogen-bond acceptors (Lipinski definition) is 5. The number of hydrogen-bond donors (Lipinski definition) is 3. The van der Waals surface area contributed by atoms with Crippen LogP contribution in [0.15, 0.2) is 54.7 Å². The van der Waals surface area contributed by atoms with E-state index in [0.717, 1.165) is 6.42 Å². The average Bonchev–Trinajstić information content (AvgIpc) is 3.29. The molecule has 3 N–H and O–H groups in total. The van der Waals surface area contributed by atoms with Gasteiger partial charge in [-0.25, -0.2) is 9.18 Å². The van der Waals surface area contributed by atoms with E-state index >= 15 is 0 Å². The highest BCUT2D eigenvalue weighted by Gasteiger charge is 2.32. The van der Waals surface area contributed by atoms with Crippen LogP contribution >= 0.6 is 11.6 Å². The summed E-state index contributed by atoms with van der Waals surface area (Å²) in [4.78, 5) is 12.3. The molecule has 1 aromatic heterocycles. The summed E-state index contributed by atoms with van der Waals surface area (Å²) in [6.45, 7) is 0.336. The van der Waals surface area contributed by atoms with Gasteiger partial charge in [0, 0.05) is 22.8 Å². The van der Waals surface area contributed by atoms with Gasteiger partial charge >= 0.3 is 6.03 Å². The zero-order chi connectivity index (χ0) is 23.2. The highest BCUT2D eigenvalue weighted by atomic mass is 35.5. The fraction of sp³-hybridized carbons (Fsp3) is 0.348. The van der Waals surface area contributed by atoms with Crippen LogP contribution in [0.25, 0.3) is 11.3 Å². The summed E-state index contributed by atoms with van der Waals surface area (Å²) in [7, 11) is 0. The van der Waals surface area contributed by atoms with Crippen molar-refractivity contribution in [3.8, 4) is 11.3 Å². The molecule has 4 rings (SSSR count). The molecule has 0 radical (unpaired) electrons. The lowest BCUT2D eigenvalue weighted by molar-refractivity contribution is -0.0905. The Labute approximate surface area is 195 Å². The molecule has 1 aliphatic heterocycles. The van der Waals surface area contributed by atoms with Crippen molar-refractivity contribution < 1.29 is 19.0 Å². The van der Waals surface area contributed by atoms with E-state index in [1.807, 2.05) is 0 Å². The fourth-order valence-corrected chi connectivity index (χ4v) is 3.98. The molecule has 0 saturated carbocycles. The van der Waals surface area contributed by atoms with E-state index in [4.69, 9.17) is 16.3 Å².